The van der Waals surface area contributed by atoms with E-state index in [1.807, 2.05) is 15.9 Å². The SMILES string of the molecule is CC1(C)/C(=C/C#Cc2cc(Cl)ccn2)CCN1C(=O)N1CCCC1. The maximum Gasteiger partial charge on any atom is 0.320 e. The summed E-state index contributed by atoms with van der Waals surface area (Å²) in [7, 11) is 0. The van der Waals surface area contributed by atoms with Gasteiger partial charge in [0.15, 0.2) is 0 Å². The van der Waals surface area contributed by atoms with Gasteiger partial charge in [-0.3, -0.25) is 0 Å². The number of nitrogens with zero attached hydrogens (tertiary/aromatic N) is 3. The van der Waals surface area contributed by atoms with Crippen LogP contribution >= 0.6 is 11.6 Å². The highest BCUT2D eigenvalue weighted by atomic mass is 35.5. The number of halogens is 1. The molecule has 2 saturated heterocycles. The standard InChI is InChI=1S/C19H22ClN3O/c1-19(2)15(6-5-7-17-14-16(20)8-10-21-17)9-13-23(19)18(24)22-11-3-4-12-22/h6,8,10,14H,3-4,9,11-13H2,1-2H3/b15-6+. The van der Waals surface area contributed by atoms with Crippen LogP contribution in [0.2, 0.25) is 5.02 Å². The lowest BCUT2D eigenvalue weighted by Crippen LogP contribution is -2.49. The predicted molar refractivity (Wildman–Crippen MR) is 95.8 cm³/mol. The summed E-state index contributed by atoms with van der Waals surface area (Å²) in [5.41, 5.74) is 1.54. The molecule has 0 aromatic carbocycles. The van der Waals surface area contributed by atoms with Crippen molar-refractivity contribution in [2.24, 2.45) is 0 Å². The van der Waals surface area contributed by atoms with Gasteiger partial charge in [-0.25, -0.2) is 9.78 Å². The zero-order valence-electron chi connectivity index (χ0n) is 14.2. The number of urea groups is 1. The van der Waals surface area contributed by atoms with Gasteiger partial charge in [0.1, 0.15) is 5.69 Å². The van der Waals surface area contributed by atoms with E-state index >= 15 is 0 Å². The van der Waals surface area contributed by atoms with Crippen molar-refractivity contribution in [2.45, 2.75) is 38.6 Å². The van der Waals surface area contributed by atoms with Gasteiger partial charge < -0.3 is 9.80 Å². The Morgan fingerprint density at radius 1 is 1.33 bits per heavy atom. The van der Waals surface area contributed by atoms with Crippen molar-refractivity contribution in [3.05, 3.63) is 40.7 Å². The number of pyridine rings is 1. The highest BCUT2D eigenvalue weighted by Crippen LogP contribution is 2.35. The second-order valence-corrected chi connectivity index (χ2v) is 7.17. The first-order chi connectivity index (χ1) is 11.5. The number of carbonyl (C=O) groups excluding carboxylic acids is 1. The molecule has 2 amide bonds. The smallest absolute Gasteiger partial charge is 0.320 e. The van der Waals surface area contributed by atoms with Crippen LogP contribution in [0.15, 0.2) is 30.0 Å². The maximum atomic E-state index is 12.7. The number of rotatable bonds is 0. The molecule has 5 heteroatoms. The summed E-state index contributed by atoms with van der Waals surface area (Å²) in [6.07, 6.45) is 6.67. The van der Waals surface area contributed by atoms with E-state index in [-0.39, 0.29) is 11.6 Å². The van der Waals surface area contributed by atoms with Gasteiger partial charge in [-0.2, -0.15) is 0 Å². The summed E-state index contributed by atoms with van der Waals surface area (Å²) in [4.78, 5) is 20.8. The van der Waals surface area contributed by atoms with Gasteiger partial charge >= 0.3 is 6.03 Å². The molecule has 0 unspecified atom stereocenters. The Morgan fingerprint density at radius 2 is 2.08 bits per heavy atom. The fourth-order valence-corrected chi connectivity index (χ4v) is 3.48. The van der Waals surface area contributed by atoms with E-state index in [1.54, 1.807) is 18.3 Å². The molecule has 1 aromatic heterocycles. The van der Waals surface area contributed by atoms with E-state index in [9.17, 15) is 4.79 Å². The monoisotopic (exact) mass is 343 g/mol. The van der Waals surface area contributed by atoms with E-state index in [1.165, 1.54) is 5.57 Å². The van der Waals surface area contributed by atoms with Crippen molar-refractivity contribution in [1.29, 1.82) is 0 Å². The first-order valence-electron chi connectivity index (χ1n) is 8.37. The fraction of sp³-hybridized carbons (Fsp3) is 0.474. The van der Waals surface area contributed by atoms with Crippen molar-refractivity contribution in [3.8, 4) is 11.8 Å². The largest absolute Gasteiger partial charge is 0.325 e. The second-order valence-electron chi connectivity index (χ2n) is 6.74. The summed E-state index contributed by atoms with van der Waals surface area (Å²) in [6, 6.07) is 3.63. The maximum absolute atomic E-state index is 12.7. The zero-order valence-corrected chi connectivity index (χ0v) is 14.9. The van der Waals surface area contributed by atoms with Crippen LogP contribution < -0.4 is 0 Å². The Bertz CT molecular complexity index is 724. The number of hydrogen-bond acceptors (Lipinski definition) is 2. The van der Waals surface area contributed by atoms with E-state index in [2.05, 4.69) is 30.7 Å². The second kappa shape index (κ2) is 6.86. The quantitative estimate of drug-likeness (QED) is 0.673. The van der Waals surface area contributed by atoms with Crippen LogP contribution in [-0.4, -0.2) is 46.0 Å². The van der Waals surface area contributed by atoms with E-state index in [0.29, 0.717) is 10.7 Å². The minimum atomic E-state index is -0.296. The average molecular weight is 344 g/mol. The molecule has 0 N–H and O–H groups in total. The molecule has 2 aliphatic heterocycles. The Morgan fingerprint density at radius 3 is 2.79 bits per heavy atom. The lowest BCUT2D eigenvalue weighted by Gasteiger charge is -2.35. The molecule has 0 saturated carbocycles. The number of hydrogen-bond donors (Lipinski definition) is 0. The van der Waals surface area contributed by atoms with Crippen LogP contribution in [-0.2, 0) is 0 Å². The Kier molecular flexibility index (Phi) is 4.82. The highest BCUT2D eigenvalue weighted by molar-refractivity contribution is 6.30. The molecule has 126 valence electrons. The molecule has 0 atom stereocenters. The minimum absolute atomic E-state index is 0.158. The summed E-state index contributed by atoms with van der Waals surface area (Å²) in [6.45, 7) is 6.71. The minimum Gasteiger partial charge on any atom is -0.325 e. The van der Waals surface area contributed by atoms with E-state index in [0.717, 1.165) is 38.9 Å². The normalized spacial score (nSPS) is 21.0. The van der Waals surface area contributed by atoms with Gasteiger partial charge in [0.05, 0.1) is 5.54 Å². The average Bonchev–Trinajstić information content (AvgIpc) is 3.16. The molecule has 4 nitrogen and oxygen atoms in total. The Hall–Kier alpha value is -1.99. The van der Waals surface area contributed by atoms with Crippen molar-refractivity contribution < 1.29 is 4.79 Å². The first kappa shape index (κ1) is 16.9. The predicted octanol–water partition coefficient (Wildman–Crippen LogP) is 3.71. The van der Waals surface area contributed by atoms with Crippen LogP contribution in [0.5, 0.6) is 0 Å². The van der Waals surface area contributed by atoms with Gasteiger partial charge in [-0.1, -0.05) is 17.5 Å². The molecule has 2 fully saturated rings. The van der Waals surface area contributed by atoms with Crippen LogP contribution in [0.1, 0.15) is 38.8 Å². The summed E-state index contributed by atoms with van der Waals surface area (Å²) in [5, 5.41) is 0.630. The van der Waals surface area contributed by atoms with Gasteiger partial charge in [0.25, 0.3) is 0 Å². The molecule has 3 rings (SSSR count). The number of aromatic nitrogens is 1. The highest BCUT2D eigenvalue weighted by Gasteiger charge is 2.41. The summed E-state index contributed by atoms with van der Waals surface area (Å²) >= 11 is 5.94. The third kappa shape index (κ3) is 3.42. The van der Waals surface area contributed by atoms with Crippen LogP contribution in [0, 0.1) is 11.8 Å². The molecular formula is C19H22ClN3O. The van der Waals surface area contributed by atoms with Crippen molar-refractivity contribution >= 4 is 17.6 Å². The van der Waals surface area contributed by atoms with Crippen LogP contribution in [0.25, 0.3) is 0 Å². The van der Waals surface area contributed by atoms with Gasteiger partial charge in [-0.05, 0) is 62.8 Å². The van der Waals surface area contributed by atoms with Gasteiger partial charge in [0, 0.05) is 30.9 Å². The molecule has 0 spiro atoms. The molecule has 2 aliphatic rings. The summed E-state index contributed by atoms with van der Waals surface area (Å²) < 4.78 is 0. The third-order valence-electron chi connectivity index (χ3n) is 4.84. The Labute approximate surface area is 148 Å². The van der Waals surface area contributed by atoms with E-state index in [4.69, 9.17) is 11.6 Å². The number of allylic oxidation sites excluding steroid dienone is 1. The molecule has 24 heavy (non-hydrogen) atoms. The molecule has 0 bridgehead atoms. The molecule has 0 aliphatic carbocycles. The van der Waals surface area contributed by atoms with E-state index < -0.39 is 0 Å². The van der Waals surface area contributed by atoms with Crippen molar-refractivity contribution in [1.82, 2.24) is 14.8 Å². The lowest BCUT2D eigenvalue weighted by atomic mass is 9.95. The van der Waals surface area contributed by atoms with Crippen LogP contribution in [0.3, 0.4) is 0 Å². The van der Waals surface area contributed by atoms with Crippen molar-refractivity contribution in [3.63, 3.8) is 0 Å². The van der Waals surface area contributed by atoms with Gasteiger partial charge in [-0.15, -0.1) is 0 Å². The lowest BCUT2D eigenvalue weighted by molar-refractivity contribution is 0.141. The number of amides is 2. The van der Waals surface area contributed by atoms with Crippen molar-refractivity contribution in [2.75, 3.05) is 19.6 Å². The Balaban J connectivity index is 1.74. The zero-order chi connectivity index (χ0) is 17.2. The molecule has 3 heterocycles. The third-order valence-corrected chi connectivity index (χ3v) is 5.08. The molecule has 1 aromatic rings. The first-order valence-corrected chi connectivity index (χ1v) is 8.75. The summed E-state index contributed by atoms with van der Waals surface area (Å²) in [5.74, 6) is 6.08. The molecular weight excluding hydrogens is 322 g/mol. The fourth-order valence-electron chi connectivity index (χ4n) is 3.32. The van der Waals surface area contributed by atoms with Crippen LogP contribution in [0.4, 0.5) is 4.79 Å². The topological polar surface area (TPSA) is 36.4 Å². The molecule has 0 radical (unpaired) electrons. The number of carbonyl (C=O) groups is 1. The number of likely N-dealkylation sites (tertiary alicyclic amines) is 2. The van der Waals surface area contributed by atoms with Gasteiger partial charge in [0.2, 0.25) is 0 Å².